The Kier molecular flexibility index (Phi) is 2.99. The molecule has 1 aliphatic rings. The van der Waals surface area contributed by atoms with E-state index in [1.165, 1.54) is 7.11 Å². The molecule has 1 aliphatic heterocycles. The Hall–Kier alpha value is -1.71. The van der Waals surface area contributed by atoms with Gasteiger partial charge in [0.15, 0.2) is 0 Å². The zero-order chi connectivity index (χ0) is 11.5. The van der Waals surface area contributed by atoms with E-state index < -0.39 is 0 Å². The van der Waals surface area contributed by atoms with Gasteiger partial charge in [-0.15, -0.1) is 0 Å². The van der Waals surface area contributed by atoms with Gasteiger partial charge in [0.2, 0.25) is 0 Å². The molecule has 0 saturated carbocycles. The number of fused-ring (bicyclic) bond motifs is 1. The molecule has 86 valence electrons. The van der Waals surface area contributed by atoms with E-state index in [4.69, 9.17) is 0 Å². The monoisotopic (exact) mass is 221 g/mol. The van der Waals surface area contributed by atoms with Crippen molar-refractivity contribution in [3.05, 3.63) is 23.8 Å². The van der Waals surface area contributed by atoms with E-state index >= 15 is 0 Å². The topological polar surface area (TPSA) is 58.6 Å². The normalized spacial score (nSPS) is 18.4. The molecule has 1 unspecified atom stereocenters. The molecule has 0 amide bonds. The molecule has 1 heterocycles. The van der Waals surface area contributed by atoms with Crippen LogP contribution in [0, 0.1) is 5.92 Å². The summed E-state index contributed by atoms with van der Waals surface area (Å²) in [6, 6.07) is 5.44. The summed E-state index contributed by atoms with van der Waals surface area (Å²) < 4.78 is 4.65. The van der Waals surface area contributed by atoms with Crippen molar-refractivity contribution in [3.8, 4) is 5.75 Å². The molecule has 1 aromatic rings. The minimum atomic E-state index is -0.185. The average Bonchev–Trinajstić information content (AvgIpc) is 2.29. The SMILES string of the molecule is COC(=O)CC1CNc2c(O)cccc2C1. The maximum absolute atomic E-state index is 11.2. The van der Waals surface area contributed by atoms with Gasteiger partial charge in [-0.3, -0.25) is 4.79 Å². The number of para-hydroxylation sites is 1. The van der Waals surface area contributed by atoms with E-state index in [1.54, 1.807) is 6.07 Å². The third-order valence-corrected chi connectivity index (χ3v) is 2.89. The number of esters is 1. The van der Waals surface area contributed by atoms with Gasteiger partial charge >= 0.3 is 5.97 Å². The number of benzene rings is 1. The molecule has 16 heavy (non-hydrogen) atoms. The predicted octanol–water partition coefficient (Wildman–Crippen LogP) is 1.54. The quantitative estimate of drug-likeness (QED) is 0.587. The Morgan fingerprint density at radius 2 is 2.44 bits per heavy atom. The van der Waals surface area contributed by atoms with Crippen LogP contribution >= 0.6 is 0 Å². The molecule has 0 aromatic heterocycles. The highest BCUT2D eigenvalue weighted by molar-refractivity contribution is 5.70. The summed E-state index contributed by atoms with van der Waals surface area (Å²) in [5.41, 5.74) is 1.85. The van der Waals surface area contributed by atoms with Crippen LogP contribution in [0.25, 0.3) is 0 Å². The first kappa shape index (κ1) is 10.8. The molecule has 1 aromatic carbocycles. The van der Waals surface area contributed by atoms with Gasteiger partial charge in [-0.2, -0.15) is 0 Å². The van der Waals surface area contributed by atoms with Gasteiger partial charge in [-0.25, -0.2) is 0 Å². The number of nitrogens with one attached hydrogen (secondary N) is 1. The van der Waals surface area contributed by atoms with Crippen molar-refractivity contribution >= 4 is 11.7 Å². The molecule has 2 N–H and O–H groups in total. The number of hydrogen-bond donors (Lipinski definition) is 2. The minimum Gasteiger partial charge on any atom is -0.506 e. The summed E-state index contributed by atoms with van der Waals surface area (Å²) in [6.45, 7) is 0.694. The number of phenols is 1. The second-order valence-corrected chi connectivity index (χ2v) is 4.04. The molecule has 1 atom stereocenters. The molecular weight excluding hydrogens is 206 g/mol. The molecule has 4 heteroatoms. The highest BCUT2D eigenvalue weighted by atomic mass is 16.5. The highest BCUT2D eigenvalue weighted by Crippen LogP contribution is 2.33. The standard InChI is InChI=1S/C12H15NO3/c1-16-11(15)6-8-5-9-3-2-4-10(14)12(9)13-7-8/h2-4,8,13-14H,5-7H2,1H3. The Bertz CT molecular complexity index is 403. The largest absolute Gasteiger partial charge is 0.506 e. The van der Waals surface area contributed by atoms with Gasteiger partial charge in [0.1, 0.15) is 5.75 Å². The lowest BCUT2D eigenvalue weighted by atomic mass is 9.91. The lowest BCUT2D eigenvalue weighted by Crippen LogP contribution is -2.25. The van der Waals surface area contributed by atoms with E-state index in [-0.39, 0.29) is 17.6 Å². The number of hydrogen-bond acceptors (Lipinski definition) is 4. The molecule has 0 radical (unpaired) electrons. The number of carbonyl (C=O) groups excluding carboxylic acids is 1. The van der Waals surface area contributed by atoms with Crippen LogP contribution in [0.2, 0.25) is 0 Å². The van der Waals surface area contributed by atoms with Crippen LogP contribution in [0.1, 0.15) is 12.0 Å². The van der Waals surface area contributed by atoms with Gasteiger partial charge in [-0.1, -0.05) is 12.1 Å². The second-order valence-electron chi connectivity index (χ2n) is 4.04. The first-order chi connectivity index (χ1) is 7.70. The fourth-order valence-electron chi connectivity index (χ4n) is 2.05. The summed E-state index contributed by atoms with van der Waals surface area (Å²) in [5, 5.41) is 12.8. The zero-order valence-electron chi connectivity index (χ0n) is 9.19. The third-order valence-electron chi connectivity index (χ3n) is 2.89. The van der Waals surface area contributed by atoms with E-state index in [1.807, 2.05) is 12.1 Å². The summed E-state index contributed by atoms with van der Waals surface area (Å²) >= 11 is 0. The highest BCUT2D eigenvalue weighted by Gasteiger charge is 2.22. The van der Waals surface area contributed by atoms with Crippen molar-refractivity contribution in [2.45, 2.75) is 12.8 Å². The van der Waals surface area contributed by atoms with Crippen LogP contribution in [0.4, 0.5) is 5.69 Å². The first-order valence-electron chi connectivity index (χ1n) is 5.32. The van der Waals surface area contributed by atoms with Gasteiger partial charge in [0.25, 0.3) is 0 Å². The summed E-state index contributed by atoms with van der Waals surface area (Å²) in [7, 11) is 1.40. The Labute approximate surface area is 94.2 Å². The fraction of sp³-hybridized carbons (Fsp3) is 0.417. The van der Waals surface area contributed by atoms with E-state index in [2.05, 4.69) is 10.1 Å². The Balaban J connectivity index is 2.09. The summed E-state index contributed by atoms with van der Waals surface area (Å²) in [4.78, 5) is 11.2. The van der Waals surface area contributed by atoms with Crippen molar-refractivity contribution in [2.24, 2.45) is 5.92 Å². The second kappa shape index (κ2) is 4.43. The molecule has 0 fully saturated rings. The lowest BCUT2D eigenvalue weighted by Gasteiger charge is -2.25. The molecule has 0 saturated heterocycles. The smallest absolute Gasteiger partial charge is 0.305 e. The van der Waals surface area contributed by atoms with Crippen molar-refractivity contribution < 1.29 is 14.6 Å². The van der Waals surface area contributed by atoms with Gasteiger partial charge in [-0.05, 0) is 24.0 Å². The van der Waals surface area contributed by atoms with Crippen LogP contribution in [-0.2, 0) is 16.0 Å². The Morgan fingerprint density at radius 3 is 3.19 bits per heavy atom. The lowest BCUT2D eigenvalue weighted by molar-refractivity contribution is -0.141. The third kappa shape index (κ3) is 2.10. The fourth-order valence-corrected chi connectivity index (χ4v) is 2.05. The minimum absolute atomic E-state index is 0.185. The van der Waals surface area contributed by atoms with Crippen molar-refractivity contribution in [2.75, 3.05) is 19.0 Å². The predicted molar refractivity (Wildman–Crippen MR) is 60.4 cm³/mol. The van der Waals surface area contributed by atoms with Crippen LogP contribution in [-0.4, -0.2) is 24.7 Å². The van der Waals surface area contributed by atoms with E-state index in [9.17, 15) is 9.90 Å². The molecular formula is C12H15NO3. The van der Waals surface area contributed by atoms with Crippen molar-refractivity contribution in [1.82, 2.24) is 0 Å². The van der Waals surface area contributed by atoms with Crippen LogP contribution in [0.3, 0.4) is 0 Å². The molecule has 0 bridgehead atoms. The molecule has 0 spiro atoms. The zero-order valence-corrected chi connectivity index (χ0v) is 9.19. The average molecular weight is 221 g/mol. The number of carbonyl (C=O) groups is 1. The number of rotatable bonds is 2. The number of anilines is 1. The molecule has 2 rings (SSSR count). The number of aromatic hydroxyl groups is 1. The van der Waals surface area contributed by atoms with Crippen LogP contribution in [0.15, 0.2) is 18.2 Å². The van der Waals surface area contributed by atoms with Gasteiger partial charge < -0.3 is 15.2 Å². The molecule has 0 aliphatic carbocycles. The van der Waals surface area contributed by atoms with E-state index in [0.29, 0.717) is 13.0 Å². The van der Waals surface area contributed by atoms with Crippen molar-refractivity contribution in [1.29, 1.82) is 0 Å². The van der Waals surface area contributed by atoms with Gasteiger partial charge in [0, 0.05) is 6.54 Å². The van der Waals surface area contributed by atoms with Crippen LogP contribution < -0.4 is 5.32 Å². The summed E-state index contributed by atoms with van der Waals surface area (Å²) in [6.07, 6.45) is 1.21. The number of methoxy groups -OCH3 is 1. The van der Waals surface area contributed by atoms with Gasteiger partial charge in [0.05, 0.1) is 19.2 Å². The maximum Gasteiger partial charge on any atom is 0.305 e. The van der Waals surface area contributed by atoms with E-state index in [0.717, 1.165) is 17.7 Å². The molecule has 4 nitrogen and oxygen atoms in total. The maximum atomic E-state index is 11.2. The van der Waals surface area contributed by atoms with Crippen LogP contribution in [0.5, 0.6) is 5.75 Å². The summed E-state index contributed by atoms with van der Waals surface area (Å²) in [5.74, 6) is 0.325. The number of phenolic OH excluding ortho intramolecular Hbond substituents is 1. The first-order valence-corrected chi connectivity index (χ1v) is 5.32. The van der Waals surface area contributed by atoms with Crippen molar-refractivity contribution in [3.63, 3.8) is 0 Å². The number of ether oxygens (including phenoxy) is 1. The Morgan fingerprint density at radius 1 is 1.62 bits per heavy atom.